The zero-order valence-corrected chi connectivity index (χ0v) is 14.6. The Morgan fingerprint density at radius 2 is 0.957 bits per heavy atom. The van der Waals surface area contributed by atoms with Crippen LogP contribution in [0.4, 0.5) is 0 Å². The van der Waals surface area contributed by atoms with Crippen molar-refractivity contribution in [2.75, 3.05) is 0 Å². The molecule has 0 saturated carbocycles. The molecular formula is C18H16O4Pt+2. The van der Waals surface area contributed by atoms with Crippen molar-refractivity contribution in [3.05, 3.63) is 71.8 Å². The molecule has 0 radical (unpaired) electrons. The fourth-order valence-electron chi connectivity index (χ4n) is 1.64. The van der Waals surface area contributed by atoms with Crippen LogP contribution >= 0.6 is 0 Å². The molecule has 0 aromatic heterocycles. The molecule has 0 heterocycles. The summed E-state index contributed by atoms with van der Waals surface area (Å²) in [6, 6.07) is 17.6. The molecule has 0 aliphatic carbocycles. The Labute approximate surface area is 149 Å². The average Bonchev–Trinajstić information content (AvgIpc) is 2.57. The summed E-state index contributed by atoms with van der Waals surface area (Å²) in [4.78, 5) is 42.0. The first kappa shape index (κ1) is 20.8. The van der Waals surface area contributed by atoms with Crippen molar-refractivity contribution in [1.82, 2.24) is 0 Å². The van der Waals surface area contributed by atoms with Crippen LogP contribution in [0.5, 0.6) is 0 Å². The predicted molar refractivity (Wildman–Crippen MR) is 82.9 cm³/mol. The van der Waals surface area contributed by atoms with Gasteiger partial charge >= 0.3 is 21.1 Å². The van der Waals surface area contributed by atoms with Gasteiger partial charge in [0.1, 0.15) is 12.6 Å². The van der Waals surface area contributed by atoms with Gasteiger partial charge in [-0.25, -0.2) is 0 Å². The molecule has 23 heavy (non-hydrogen) atoms. The summed E-state index contributed by atoms with van der Waals surface area (Å²) in [5.41, 5.74) is 1.19. The Kier molecular flexibility index (Phi) is 11.2. The molecule has 0 N–H and O–H groups in total. The number of benzene rings is 2. The van der Waals surface area contributed by atoms with Crippen molar-refractivity contribution < 1.29 is 40.2 Å². The molecule has 2 aromatic rings. The van der Waals surface area contributed by atoms with E-state index in [9.17, 15) is 19.2 Å². The van der Waals surface area contributed by atoms with Crippen molar-refractivity contribution in [3.8, 4) is 0 Å². The van der Waals surface area contributed by atoms with E-state index in [-0.39, 0.29) is 45.5 Å². The van der Waals surface area contributed by atoms with Crippen molar-refractivity contribution >= 4 is 24.1 Å². The van der Waals surface area contributed by atoms with Crippen LogP contribution in [0.15, 0.2) is 60.7 Å². The SMILES string of the molecule is O=CCC(=O)c1ccccc1.O=CCC(=O)c1ccccc1.[Pt+2]. The summed E-state index contributed by atoms with van der Waals surface area (Å²) in [6.07, 6.45) is 1.19. The molecule has 0 bridgehead atoms. The van der Waals surface area contributed by atoms with E-state index in [0.29, 0.717) is 23.7 Å². The van der Waals surface area contributed by atoms with Gasteiger partial charge in [-0.15, -0.1) is 0 Å². The molecule has 0 aliphatic heterocycles. The number of rotatable bonds is 6. The van der Waals surface area contributed by atoms with E-state index in [1.807, 2.05) is 12.1 Å². The number of hydrogen-bond acceptors (Lipinski definition) is 4. The van der Waals surface area contributed by atoms with Gasteiger partial charge in [0.05, 0.1) is 12.8 Å². The normalized spacial score (nSPS) is 8.70. The molecule has 0 amide bonds. The number of hydrogen-bond donors (Lipinski definition) is 0. The molecule has 0 unspecified atom stereocenters. The van der Waals surface area contributed by atoms with Gasteiger partial charge in [-0.1, -0.05) is 60.7 Å². The maximum absolute atomic E-state index is 11.0. The molecule has 0 atom stereocenters. The van der Waals surface area contributed by atoms with E-state index in [1.54, 1.807) is 48.5 Å². The van der Waals surface area contributed by atoms with Crippen LogP contribution in [0.2, 0.25) is 0 Å². The van der Waals surface area contributed by atoms with Gasteiger partial charge in [-0.2, -0.15) is 0 Å². The molecule has 120 valence electrons. The molecule has 5 heteroatoms. The summed E-state index contributed by atoms with van der Waals surface area (Å²) in [6.45, 7) is 0. The van der Waals surface area contributed by atoms with Crippen LogP contribution in [0.1, 0.15) is 33.6 Å². The van der Waals surface area contributed by atoms with Crippen LogP contribution in [0, 0.1) is 0 Å². The molecule has 0 fully saturated rings. The van der Waals surface area contributed by atoms with Crippen molar-refractivity contribution in [3.63, 3.8) is 0 Å². The van der Waals surface area contributed by atoms with E-state index in [0.717, 1.165) is 0 Å². The third-order valence-electron chi connectivity index (χ3n) is 2.73. The summed E-state index contributed by atoms with van der Waals surface area (Å²) in [5, 5.41) is 0. The van der Waals surface area contributed by atoms with Gasteiger partial charge in [0.15, 0.2) is 11.6 Å². The number of aldehydes is 2. The molecule has 0 saturated heterocycles. The third kappa shape index (κ3) is 8.12. The molecule has 0 aliphatic rings. The van der Waals surface area contributed by atoms with E-state index < -0.39 is 0 Å². The van der Waals surface area contributed by atoms with Crippen LogP contribution in [-0.4, -0.2) is 24.1 Å². The van der Waals surface area contributed by atoms with Crippen LogP contribution in [0.25, 0.3) is 0 Å². The van der Waals surface area contributed by atoms with Gasteiger partial charge in [0.25, 0.3) is 0 Å². The smallest absolute Gasteiger partial charge is 0.303 e. The molecule has 0 spiro atoms. The van der Waals surface area contributed by atoms with E-state index in [1.165, 1.54) is 0 Å². The van der Waals surface area contributed by atoms with Crippen molar-refractivity contribution in [2.45, 2.75) is 12.8 Å². The van der Waals surface area contributed by atoms with Crippen molar-refractivity contribution in [1.29, 1.82) is 0 Å². The second-order valence-electron chi connectivity index (χ2n) is 4.32. The minimum atomic E-state index is -0.124. The Morgan fingerprint density at radius 1 is 0.652 bits per heavy atom. The van der Waals surface area contributed by atoms with Gasteiger partial charge in [-0.3, -0.25) is 9.59 Å². The minimum Gasteiger partial charge on any atom is -0.303 e. The summed E-state index contributed by atoms with van der Waals surface area (Å²) in [7, 11) is 0. The topological polar surface area (TPSA) is 68.3 Å². The minimum absolute atomic E-state index is 0. The Bertz CT molecular complexity index is 566. The quantitative estimate of drug-likeness (QED) is 0.354. The Morgan fingerprint density at radius 3 is 1.22 bits per heavy atom. The maximum atomic E-state index is 11.0. The molecule has 2 rings (SSSR count). The second kappa shape index (κ2) is 12.4. The number of ketones is 2. The van der Waals surface area contributed by atoms with Gasteiger partial charge < -0.3 is 9.59 Å². The molecule has 2 aromatic carbocycles. The fourth-order valence-corrected chi connectivity index (χ4v) is 1.64. The number of Topliss-reactive ketones (excluding diaryl/α,β-unsaturated/α-hetero) is 2. The van der Waals surface area contributed by atoms with Gasteiger partial charge in [0, 0.05) is 11.1 Å². The van der Waals surface area contributed by atoms with Crippen LogP contribution < -0.4 is 0 Å². The van der Waals surface area contributed by atoms with Crippen molar-refractivity contribution in [2.24, 2.45) is 0 Å². The van der Waals surface area contributed by atoms with Gasteiger partial charge in [-0.05, 0) is 0 Å². The average molecular weight is 491 g/mol. The van der Waals surface area contributed by atoms with E-state index in [2.05, 4.69) is 0 Å². The van der Waals surface area contributed by atoms with E-state index >= 15 is 0 Å². The standard InChI is InChI=1S/2C9H8O2.Pt/c2*10-7-6-9(11)8-4-2-1-3-5-8;/h2*1-5,7H,6H2;/q;;+2. The summed E-state index contributed by atoms with van der Waals surface area (Å²) in [5.74, 6) is -0.249. The maximum Gasteiger partial charge on any atom is 2.00 e. The zero-order valence-electron chi connectivity index (χ0n) is 12.3. The number of carbonyl (C=O) groups is 4. The second-order valence-corrected chi connectivity index (χ2v) is 4.32. The Balaban J connectivity index is 0.000000403. The van der Waals surface area contributed by atoms with E-state index in [4.69, 9.17) is 0 Å². The first-order valence-corrected chi connectivity index (χ1v) is 6.72. The molecular weight excluding hydrogens is 475 g/mol. The largest absolute Gasteiger partial charge is 2.00 e. The zero-order chi connectivity index (χ0) is 16.2. The predicted octanol–water partition coefficient (Wildman–Crippen LogP) is 2.91. The monoisotopic (exact) mass is 491 g/mol. The first-order valence-electron chi connectivity index (χ1n) is 6.72. The van der Waals surface area contributed by atoms with Crippen LogP contribution in [0.3, 0.4) is 0 Å². The molecule has 4 nitrogen and oxygen atoms in total. The summed E-state index contributed by atoms with van der Waals surface area (Å²) >= 11 is 0. The van der Waals surface area contributed by atoms with Gasteiger partial charge in [0.2, 0.25) is 0 Å². The Hall–Kier alpha value is -2.19. The first-order chi connectivity index (χ1) is 10.7. The fraction of sp³-hybridized carbons (Fsp3) is 0.111. The summed E-state index contributed by atoms with van der Waals surface area (Å²) < 4.78 is 0. The third-order valence-corrected chi connectivity index (χ3v) is 2.73. The van der Waals surface area contributed by atoms with Crippen LogP contribution in [-0.2, 0) is 30.7 Å². The number of carbonyl (C=O) groups excluding carboxylic acids is 4.